The highest BCUT2D eigenvalue weighted by Gasteiger charge is 2.22. The van der Waals surface area contributed by atoms with Gasteiger partial charge in [0, 0.05) is 30.4 Å². The number of methoxy groups -OCH3 is 1. The number of aryl methyl sites for hydroxylation is 1. The lowest BCUT2D eigenvalue weighted by Crippen LogP contribution is -2.35. The fourth-order valence-corrected chi connectivity index (χ4v) is 4.64. The maximum absolute atomic E-state index is 14.5. The van der Waals surface area contributed by atoms with E-state index in [1.807, 2.05) is 6.07 Å². The van der Waals surface area contributed by atoms with Gasteiger partial charge in [0.2, 0.25) is 11.8 Å². The summed E-state index contributed by atoms with van der Waals surface area (Å²) in [6, 6.07) is 7.97. The number of likely N-dealkylation sites (tertiary alicyclic amines) is 1. The number of hydrogen-bond donors (Lipinski definition) is 3. The molecule has 0 unspecified atom stereocenters. The number of halogens is 1. The number of fused-ring (bicyclic) bond motifs is 1. The monoisotopic (exact) mass is 505 g/mol. The van der Waals surface area contributed by atoms with E-state index in [9.17, 15) is 14.0 Å². The normalized spacial score (nSPS) is 15.7. The van der Waals surface area contributed by atoms with Crippen LogP contribution in [0.15, 0.2) is 42.7 Å². The molecule has 0 saturated carbocycles. The van der Waals surface area contributed by atoms with Crippen molar-refractivity contribution < 1.29 is 18.7 Å². The number of carbonyl (C=O) groups is 2. The lowest BCUT2D eigenvalue weighted by molar-refractivity contribution is -0.117. The number of pyridine rings is 1. The quantitative estimate of drug-likeness (QED) is 0.352. The molecule has 4 aromatic rings. The Morgan fingerprint density at radius 1 is 1.22 bits per heavy atom. The van der Waals surface area contributed by atoms with Crippen molar-refractivity contribution in [2.24, 2.45) is 7.05 Å². The molecule has 37 heavy (non-hydrogen) atoms. The van der Waals surface area contributed by atoms with Gasteiger partial charge in [0.15, 0.2) is 0 Å². The number of aromatic nitrogens is 4. The number of hydrogen-bond acceptors (Lipinski definition) is 6. The molecule has 4 heterocycles. The molecule has 1 atom stereocenters. The molecule has 5 rings (SSSR count). The zero-order valence-corrected chi connectivity index (χ0v) is 20.8. The Hall–Kier alpha value is -4.25. The lowest BCUT2D eigenvalue weighted by atomic mass is 10.2. The Morgan fingerprint density at radius 3 is 2.81 bits per heavy atom. The van der Waals surface area contributed by atoms with Gasteiger partial charge in [0.25, 0.3) is 5.91 Å². The summed E-state index contributed by atoms with van der Waals surface area (Å²) in [7, 11) is 3.34. The van der Waals surface area contributed by atoms with Crippen molar-refractivity contribution in [3.63, 3.8) is 0 Å². The Kier molecular flexibility index (Phi) is 6.62. The molecule has 11 heteroatoms. The highest BCUT2D eigenvalue weighted by atomic mass is 19.1. The lowest BCUT2D eigenvalue weighted by Gasteiger charge is -2.20. The second-order valence-corrected chi connectivity index (χ2v) is 9.19. The third kappa shape index (κ3) is 5.03. The van der Waals surface area contributed by atoms with Crippen molar-refractivity contribution >= 4 is 34.2 Å². The van der Waals surface area contributed by atoms with Gasteiger partial charge >= 0.3 is 0 Å². The van der Waals surface area contributed by atoms with Crippen LogP contribution in [0.5, 0.6) is 5.88 Å². The summed E-state index contributed by atoms with van der Waals surface area (Å²) in [5, 5.41) is 10.3. The second kappa shape index (κ2) is 10.0. The molecule has 0 spiro atoms. The molecule has 3 N–H and O–H groups in total. The first-order valence-electron chi connectivity index (χ1n) is 12.0. The summed E-state index contributed by atoms with van der Waals surface area (Å²) in [5.74, 6) is -0.728. The molecule has 0 aliphatic carbocycles. The van der Waals surface area contributed by atoms with Gasteiger partial charge in [-0.3, -0.25) is 14.5 Å². The van der Waals surface area contributed by atoms with Crippen molar-refractivity contribution in [2.45, 2.75) is 25.8 Å². The molecule has 10 nitrogen and oxygen atoms in total. The summed E-state index contributed by atoms with van der Waals surface area (Å²) in [6.07, 6.45) is 5.24. The molecule has 1 aliphatic heterocycles. The van der Waals surface area contributed by atoms with E-state index in [1.165, 1.54) is 24.4 Å². The van der Waals surface area contributed by atoms with Crippen LogP contribution in [0.2, 0.25) is 0 Å². The topological polar surface area (TPSA) is 117 Å². The minimum Gasteiger partial charge on any atom is -0.481 e. The molecule has 0 bridgehead atoms. The first-order valence-corrected chi connectivity index (χ1v) is 12.0. The number of H-pyrrole nitrogens is 1. The van der Waals surface area contributed by atoms with Gasteiger partial charge in [-0.05, 0) is 56.6 Å². The van der Waals surface area contributed by atoms with Crippen LogP contribution in [0, 0.1) is 5.82 Å². The number of nitrogens with zero attached hydrogens (tertiary/aromatic N) is 4. The van der Waals surface area contributed by atoms with Crippen molar-refractivity contribution in [3.05, 3.63) is 54.1 Å². The summed E-state index contributed by atoms with van der Waals surface area (Å²) in [5.41, 5.74) is 2.71. The van der Waals surface area contributed by atoms with E-state index >= 15 is 0 Å². The van der Waals surface area contributed by atoms with Crippen molar-refractivity contribution in [1.29, 1.82) is 0 Å². The predicted molar refractivity (Wildman–Crippen MR) is 138 cm³/mol. The molecular formula is C26H28FN7O3. The summed E-state index contributed by atoms with van der Waals surface area (Å²) in [6.45, 7) is 3.26. The number of aromatic amines is 1. The summed E-state index contributed by atoms with van der Waals surface area (Å²) in [4.78, 5) is 35.1. The van der Waals surface area contributed by atoms with Gasteiger partial charge in [-0.2, -0.15) is 5.10 Å². The maximum atomic E-state index is 14.5. The predicted octanol–water partition coefficient (Wildman–Crippen LogP) is 3.79. The smallest absolute Gasteiger partial charge is 0.257 e. The minimum atomic E-state index is -0.610. The van der Waals surface area contributed by atoms with E-state index in [-0.39, 0.29) is 23.7 Å². The highest BCUT2D eigenvalue weighted by Crippen LogP contribution is 2.31. The fourth-order valence-electron chi connectivity index (χ4n) is 4.64. The fraction of sp³-hybridized carbons (Fsp3) is 0.308. The number of nitrogens with one attached hydrogen (secondary N) is 3. The van der Waals surface area contributed by atoms with Crippen LogP contribution in [0.25, 0.3) is 22.3 Å². The van der Waals surface area contributed by atoms with E-state index in [0.29, 0.717) is 28.6 Å². The number of rotatable bonds is 7. The van der Waals surface area contributed by atoms with Crippen LogP contribution in [0.3, 0.4) is 0 Å². The number of benzene rings is 1. The largest absolute Gasteiger partial charge is 0.481 e. The Balaban J connectivity index is 1.31. The third-order valence-electron chi connectivity index (χ3n) is 6.64. The van der Waals surface area contributed by atoms with E-state index in [4.69, 9.17) is 4.74 Å². The number of carbonyl (C=O) groups excluding carboxylic acids is 2. The molecule has 1 aliphatic rings. The van der Waals surface area contributed by atoms with E-state index in [1.54, 1.807) is 31.1 Å². The standard InChI is InChI=1S/C26H28FN7O3/c1-15-5-4-8-34(15)14-23(35)30-18-6-7-20(27)22(11-18)32-25(36)17-9-16-10-21(31-24(16)28-12-17)19-13-29-33(2)26(19)37-3/h6-7,9-13,15H,4-5,8,14H2,1-3H3,(H,28,31)(H,30,35)(H,32,36)/t15-/m0/s1. The van der Waals surface area contributed by atoms with Gasteiger partial charge < -0.3 is 20.4 Å². The van der Waals surface area contributed by atoms with E-state index in [0.717, 1.165) is 30.6 Å². The van der Waals surface area contributed by atoms with Crippen LogP contribution in [-0.4, -0.2) is 62.7 Å². The summed E-state index contributed by atoms with van der Waals surface area (Å²) < 4.78 is 21.5. The Morgan fingerprint density at radius 2 is 2.05 bits per heavy atom. The van der Waals surface area contributed by atoms with Gasteiger partial charge in [-0.25, -0.2) is 14.1 Å². The number of amides is 2. The molecule has 1 saturated heterocycles. The molecule has 0 radical (unpaired) electrons. The maximum Gasteiger partial charge on any atom is 0.257 e. The molecule has 1 fully saturated rings. The first-order chi connectivity index (χ1) is 17.8. The molecule has 2 amide bonds. The Labute approximate surface area is 212 Å². The molecule has 1 aromatic carbocycles. The number of ether oxygens (including phenoxy) is 1. The second-order valence-electron chi connectivity index (χ2n) is 9.19. The van der Waals surface area contributed by atoms with Crippen molar-refractivity contribution in [1.82, 2.24) is 24.6 Å². The average molecular weight is 506 g/mol. The van der Waals surface area contributed by atoms with Crippen LogP contribution >= 0.6 is 0 Å². The third-order valence-corrected chi connectivity index (χ3v) is 6.64. The van der Waals surface area contributed by atoms with Gasteiger partial charge in [-0.1, -0.05) is 0 Å². The molecule has 3 aromatic heterocycles. The zero-order chi connectivity index (χ0) is 26.1. The molecular weight excluding hydrogens is 477 g/mol. The number of anilines is 2. The van der Waals surface area contributed by atoms with Gasteiger partial charge in [0.05, 0.1) is 42.4 Å². The van der Waals surface area contributed by atoms with Crippen molar-refractivity contribution in [3.8, 4) is 17.1 Å². The SMILES string of the molecule is COc1c(-c2cc3cc(C(=O)Nc4cc(NC(=O)CN5CCC[C@@H]5C)ccc4F)cnc3[nH]2)cnn1C. The minimum absolute atomic E-state index is 0.0349. The summed E-state index contributed by atoms with van der Waals surface area (Å²) >= 11 is 0. The Bertz CT molecular complexity index is 1480. The van der Waals surface area contributed by atoms with E-state index < -0.39 is 11.7 Å². The van der Waals surface area contributed by atoms with E-state index in [2.05, 4.69) is 37.5 Å². The van der Waals surface area contributed by atoms with Crippen LogP contribution < -0.4 is 15.4 Å². The highest BCUT2D eigenvalue weighted by molar-refractivity contribution is 6.06. The molecule has 192 valence electrons. The first kappa shape index (κ1) is 24.4. The zero-order valence-electron chi connectivity index (χ0n) is 20.8. The van der Waals surface area contributed by atoms with Crippen LogP contribution in [0.1, 0.15) is 30.1 Å². The average Bonchev–Trinajstić information content (AvgIpc) is 3.58. The van der Waals surface area contributed by atoms with Gasteiger partial charge in [-0.15, -0.1) is 0 Å². The van der Waals surface area contributed by atoms with Crippen LogP contribution in [0.4, 0.5) is 15.8 Å². The van der Waals surface area contributed by atoms with Gasteiger partial charge in [0.1, 0.15) is 11.5 Å². The van der Waals surface area contributed by atoms with Crippen LogP contribution in [-0.2, 0) is 11.8 Å². The van der Waals surface area contributed by atoms with Crippen molar-refractivity contribution in [2.75, 3.05) is 30.8 Å².